The van der Waals surface area contributed by atoms with Gasteiger partial charge in [-0.2, -0.15) is 0 Å². The molecule has 1 rings (SSSR count). The van der Waals surface area contributed by atoms with Gasteiger partial charge >= 0.3 is 0 Å². The third-order valence-electron chi connectivity index (χ3n) is 1.56. The average molecular weight is 168 g/mol. The second-order valence-corrected chi connectivity index (χ2v) is 2.63. The highest BCUT2D eigenvalue weighted by Crippen LogP contribution is 2.09. The van der Waals surface area contributed by atoms with Crippen molar-refractivity contribution in [1.82, 2.24) is 5.32 Å². The molecule has 0 radical (unpaired) electrons. The van der Waals surface area contributed by atoms with Crippen LogP contribution in [0.25, 0.3) is 0 Å². The molecule has 0 amide bonds. The quantitative estimate of drug-likeness (QED) is 0.568. The van der Waals surface area contributed by atoms with Crippen LogP contribution in [0.5, 0.6) is 0 Å². The zero-order valence-electron chi connectivity index (χ0n) is 6.09. The minimum absolute atomic E-state index is 0. The van der Waals surface area contributed by atoms with Crippen LogP contribution >= 0.6 is 12.4 Å². The Morgan fingerprint density at radius 3 is 2.70 bits per heavy atom. The Balaban J connectivity index is 0.000000810. The van der Waals surface area contributed by atoms with Crippen LogP contribution in [-0.4, -0.2) is 37.0 Å². The molecule has 4 heteroatoms. The molecule has 0 saturated carbocycles. The molecule has 0 aromatic rings. The molecule has 1 saturated heterocycles. The highest BCUT2D eigenvalue weighted by Gasteiger charge is 2.26. The third-order valence-corrected chi connectivity index (χ3v) is 1.56. The Hall–Kier alpha value is 0.170. The lowest BCUT2D eigenvalue weighted by molar-refractivity contribution is -0.0831. The van der Waals surface area contributed by atoms with Gasteiger partial charge in [-0.05, 0) is 6.92 Å². The summed E-state index contributed by atoms with van der Waals surface area (Å²) in [4.78, 5) is 0. The van der Waals surface area contributed by atoms with Crippen LogP contribution in [0.3, 0.4) is 0 Å². The zero-order valence-corrected chi connectivity index (χ0v) is 6.91. The van der Waals surface area contributed by atoms with E-state index in [2.05, 4.69) is 5.32 Å². The molecule has 10 heavy (non-hydrogen) atoms. The van der Waals surface area contributed by atoms with Gasteiger partial charge in [0.05, 0.1) is 13.2 Å². The minimum atomic E-state index is -0.335. The SMILES string of the molecule is CC1(CO)CNCCO1.Cl. The van der Waals surface area contributed by atoms with Crippen molar-refractivity contribution in [1.29, 1.82) is 0 Å². The van der Waals surface area contributed by atoms with E-state index in [1.54, 1.807) is 0 Å². The Bertz CT molecular complexity index is 93.7. The molecule has 1 aliphatic heterocycles. The first-order chi connectivity index (χ1) is 4.27. The fraction of sp³-hybridized carbons (Fsp3) is 1.00. The van der Waals surface area contributed by atoms with Crippen LogP contribution in [0, 0.1) is 0 Å². The molecule has 2 N–H and O–H groups in total. The maximum absolute atomic E-state index is 8.79. The number of aliphatic hydroxyl groups is 1. The number of hydrogen-bond donors (Lipinski definition) is 2. The first kappa shape index (κ1) is 10.2. The zero-order chi connectivity index (χ0) is 6.74. The number of halogens is 1. The predicted molar refractivity (Wildman–Crippen MR) is 41.6 cm³/mol. The summed E-state index contributed by atoms with van der Waals surface area (Å²) in [6.45, 7) is 4.36. The summed E-state index contributed by atoms with van der Waals surface area (Å²) in [5, 5.41) is 11.9. The Morgan fingerprint density at radius 2 is 2.40 bits per heavy atom. The maximum atomic E-state index is 8.79. The summed E-state index contributed by atoms with van der Waals surface area (Å²) in [6, 6.07) is 0. The average Bonchev–Trinajstić information content (AvgIpc) is 1.90. The van der Waals surface area contributed by atoms with Crippen molar-refractivity contribution < 1.29 is 9.84 Å². The summed E-state index contributed by atoms with van der Waals surface area (Å²) in [5.41, 5.74) is -0.335. The van der Waals surface area contributed by atoms with Gasteiger partial charge < -0.3 is 15.2 Å². The minimum Gasteiger partial charge on any atom is -0.393 e. The normalized spacial score (nSPS) is 33.0. The molecule has 1 unspecified atom stereocenters. The van der Waals surface area contributed by atoms with Gasteiger partial charge in [0.25, 0.3) is 0 Å². The standard InChI is InChI=1S/C6H13NO2.ClH/c1-6(5-8)4-7-2-3-9-6;/h7-8H,2-5H2,1H3;1H. The first-order valence-corrected chi connectivity index (χ1v) is 3.22. The van der Waals surface area contributed by atoms with Gasteiger partial charge in [-0.3, -0.25) is 0 Å². The number of hydrogen-bond acceptors (Lipinski definition) is 3. The van der Waals surface area contributed by atoms with Gasteiger partial charge in [0, 0.05) is 13.1 Å². The van der Waals surface area contributed by atoms with E-state index in [4.69, 9.17) is 9.84 Å². The van der Waals surface area contributed by atoms with E-state index in [0.29, 0.717) is 6.61 Å². The Morgan fingerprint density at radius 1 is 1.70 bits per heavy atom. The van der Waals surface area contributed by atoms with Gasteiger partial charge in [-0.25, -0.2) is 0 Å². The van der Waals surface area contributed by atoms with E-state index in [9.17, 15) is 0 Å². The van der Waals surface area contributed by atoms with Crippen LogP contribution in [-0.2, 0) is 4.74 Å². The van der Waals surface area contributed by atoms with Gasteiger partial charge in [0.15, 0.2) is 0 Å². The lowest BCUT2D eigenvalue weighted by Gasteiger charge is -2.32. The van der Waals surface area contributed by atoms with Crippen molar-refractivity contribution >= 4 is 12.4 Å². The molecule has 0 spiro atoms. The predicted octanol–water partition coefficient (Wildman–Crippen LogP) is -0.221. The lowest BCUT2D eigenvalue weighted by Crippen LogP contribution is -2.49. The topological polar surface area (TPSA) is 41.5 Å². The van der Waals surface area contributed by atoms with E-state index in [0.717, 1.165) is 13.1 Å². The highest BCUT2D eigenvalue weighted by atomic mass is 35.5. The summed E-state index contributed by atoms with van der Waals surface area (Å²) >= 11 is 0. The molecule has 0 aromatic heterocycles. The van der Waals surface area contributed by atoms with E-state index in [1.165, 1.54) is 0 Å². The molecule has 0 bridgehead atoms. The largest absolute Gasteiger partial charge is 0.393 e. The highest BCUT2D eigenvalue weighted by molar-refractivity contribution is 5.85. The Kier molecular flexibility index (Phi) is 4.20. The van der Waals surface area contributed by atoms with Crippen molar-refractivity contribution in [3.8, 4) is 0 Å². The fourth-order valence-corrected chi connectivity index (χ4v) is 0.875. The van der Waals surface area contributed by atoms with E-state index < -0.39 is 0 Å². The number of rotatable bonds is 1. The van der Waals surface area contributed by atoms with Crippen LogP contribution in [0.15, 0.2) is 0 Å². The van der Waals surface area contributed by atoms with Crippen molar-refractivity contribution in [2.75, 3.05) is 26.3 Å². The molecule has 1 atom stereocenters. The van der Waals surface area contributed by atoms with Gasteiger partial charge in [-0.1, -0.05) is 0 Å². The molecule has 0 aliphatic carbocycles. The third kappa shape index (κ3) is 2.42. The van der Waals surface area contributed by atoms with Crippen LogP contribution in [0.1, 0.15) is 6.92 Å². The Labute approximate surface area is 67.2 Å². The second-order valence-electron chi connectivity index (χ2n) is 2.63. The van der Waals surface area contributed by atoms with Gasteiger partial charge in [0.1, 0.15) is 5.60 Å². The fourth-order valence-electron chi connectivity index (χ4n) is 0.875. The number of ether oxygens (including phenoxy) is 1. The van der Waals surface area contributed by atoms with Gasteiger partial charge in [0.2, 0.25) is 0 Å². The van der Waals surface area contributed by atoms with Crippen LogP contribution < -0.4 is 5.32 Å². The summed E-state index contributed by atoms with van der Waals surface area (Å²) in [7, 11) is 0. The number of nitrogens with one attached hydrogen (secondary N) is 1. The second kappa shape index (κ2) is 4.13. The number of morpholine rings is 1. The monoisotopic (exact) mass is 167 g/mol. The summed E-state index contributed by atoms with van der Waals surface area (Å²) in [5.74, 6) is 0. The van der Waals surface area contributed by atoms with Crippen LogP contribution in [0.2, 0.25) is 0 Å². The van der Waals surface area contributed by atoms with Crippen molar-refractivity contribution in [2.45, 2.75) is 12.5 Å². The molecular weight excluding hydrogens is 154 g/mol. The summed E-state index contributed by atoms with van der Waals surface area (Å²) in [6.07, 6.45) is 0. The molecule has 1 heterocycles. The van der Waals surface area contributed by atoms with E-state index >= 15 is 0 Å². The molecule has 3 nitrogen and oxygen atoms in total. The van der Waals surface area contributed by atoms with Crippen molar-refractivity contribution in [3.05, 3.63) is 0 Å². The molecule has 1 aliphatic rings. The molecule has 62 valence electrons. The molecule has 0 aromatic carbocycles. The van der Waals surface area contributed by atoms with E-state index in [1.807, 2.05) is 6.92 Å². The van der Waals surface area contributed by atoms with Gasteiger partial charge in [-0.15, -0.1) is 12.4 Å². The first-order valence-electron chi connectivity index (χ1n) is 3.22. The number of aliphatic hydroxyl groups excluding tert-OH is 1. The van der Waals surface area contributed by atoms with Crippen molar-refractivity contribution in [2.24, 2.45) is 0 Å². The lowest BCUT2D eigenvalue weighted by atomic mass is 10.1. The van der Waals surface area contributed by atoms with Crippen LogP contribution in [0.4, 0.5) is 0 Å². The molecule has 1 fully saturated rings. The summed E-state index contributed by atoms with van der Waals surface area (Å²) < 4.78 is 5.30. The van der Waals surface area contributed by atoms with Crippen molar-refractivity contribution in [3.63, 3.8) is 0 Å². The van der Waals surface area contributed by atoms with E-state index in [-0.39, 0.29) is 24.6 Å². The molecular formula is C6H14ClNO2. The maximum Gasteiger partial charge on any atom is 0.101 e. The smallest absolute Gasteiger partial charge is 0.101 e.